The second kappa shape index (κ2) is 12.6. The van der Waals surface area contributed by atoms with Crippen molar-refractivity contribution in [2.24, 2.45) is 5.92 Å². The van der Waals surface area contributed by atoms with Crippen molar-refractivity contribution in [1.29, 1.82) is 0 Å². The van der Waals surface area contributed by atoms with E-state index < -0.39 is 41.6 Å². The molecule has 2 amide bonds. The Morgan fingerprint density at radius 1 is 0.780 bits per heavy atom. The largest absolute Gasteiger partial charge is 0.469 e. The molecule has 1 aliphatic heterocycles. The number of likely N-dealkylation sites (tertiary alicyclic amines) is 1. The predicted octanol–water partition coefficient (Wildman–Crippen LogP) is 5.32. The van der Waals surface area contributed by atoms with E-state index in [2.05, 4.69) is 5.32 Å². The number of ether oxygens (including phenoxy) is 1. The first-order chi connectivity index (χ1) is 20.0. The molecule has 5 rings (SSSR count). The van der Waals surface area contributed by atoms with Gasteiger partial charge in [-0.05, 0) is 47.4 Å². The van der Waals surface area contributed by atoms with E-state index in [1.807, 2.05) is 91.0 Å². The van der Waals surface area contributed by atoms with Gasteiger partial charge in [-0.25, -0.2) is 4.39 Å². The molecule has 0 saturated carbocycles. The molecule has 1 saturated heterocycles. The number of nitrogens with zero attached hydrogens (tertiary/aromatic N) is 1. The van der Waals surface area contributed by atoms with Crippen LogP contribution in [0.1, 0.15) is 39.0 Å². The first-order valence-corrected chi connectivity index (χ1v) is 13.6. The smallest absolute Gasteiger partial charge is 0.311 e. The molecule has 0 radical (unpaired) electrons. The maximum atomic E-state index is 14.3. The normalized spacial score (nSPS) is 19.9. The fraction of sp³-hybridized carbons (Fsp3) is 0.206. The van der Waals surface area contributed by atoms with Crippen molar-refractivity contribution in [1.82, 2.24) is 10.2 Å². The first kappa shape index (κ1) is 27.8. The van der Waals surface area contributed by atoms with Crippen LogP contribution in [-0.2, 0) is 20.7 Å². The van der Waals surface area contributed by atoms with Gasteiger partial charge in [0, 0.05) is 18.0 Å². The third-order valence-corrected chi connectivity index (χ3v) is 7.62. The minimum Gasteiger partial charge on any atom is -0.469 e. The number of hydrogen-bond acceptors (Lipinski definition) is 4. The highest BCUT2D eigenvalue weighted by Gasteiger charge is 2.58. The van der Waals surface area contributed by atoms with Crippen molar-refractivity contribution >= 4 is 17.8 Å². The third kappa shape index (κ3) is 5.89. The van der Waals surface area contributed by atoms with Crippen LogP contribution in [0.25, 0.3) is 0 Å². The van der Waals surface area contributed by atoms with Crippen LogP contribution in [0.4, 0.5) is 4.39 Å². The highest BCUT2D eigenvalue weighted by atomic mass is 19.1. The molecule has 1 fully saturated rings. The maximum Gasteiger partial charge on any atom is 0.311 e. The number of hydrogen-bond donors (Lipinski definition) is 1. The second-order valence-electron chi connectivity index (χ2n) is 10.0. The molecule has 6 nitrogen and oxygen atoms in total. The number of benzene rings is 4. The van der Waals surface area contributed by atoms with Crippen LogP contribution in [0.5, 0.6) is 0 Å². The molecule has 4 aromatic rings. The first-order valence-electron chi connectivity index (χ1n) is 13.6. The van der Waals surface area contributed by atoms with Crippen molar-refractivity contribution in [3.8, 4) is 0 Å². The fourth-order valence-corrected chi connectivity index (χ4v) is 5.77. The molecule has 7 heteroatoms. The number of carbonyl (C=O) groups excluding carboxylic acids is 3. The average molecular weight is 551 g/mol. The molecule has 0 spiro atoms. The van der Waals surface area contributed by atoms with E-state index >= 15 is 0 Å². The van der Waals surface area contributed by atoms with Crippen LogP contribution in [0, 0.1) is 11.7 Å². The second-order valence-corrected chi connectivity index (χ2v) is 10.0. The summed E-state index contributed by atoms with van der Waals surface area (Å²) in [5.41, 5.74) is 2.71. The molecule has 4 aromatic carbocycles. The molecule has 208 valence electrons. The summed E-state index contributed by atoms with van der Waals surface area (Å²) in [6.07, 6.45) is 0.601. The third-order valence-electron chi connectivity index (χ3n) is 7.62. The van der Waals surface area contributed by atoms with E-state index in [9.17, 15) is 18.8 Å². The number of rotatable bonds is 8. The summed E-state index contributed by atoms with van der Waals surface area (Å²) in [6.45, 7) is 0.346. The molecule has 1 N–H and O–H groups in total. The number of esters is 1. The quantitative estimate of drug-likeness (QED) is 0.301. The van der Waals surface area contributed by atoms with Crippen LogP contribution in [0.2, 0.25) is 0 Å². The minimum atomic E-state index is -1.04. The number of methoxy groups -OCH3 is 1. The van der Waals surface area contributed by atoms with Gasteiger partial charge in [0.05, 0.1) is 19.1 Å². The summed E-state index contributed by atoms with van der Waals surface area (Å²) in [5.74, 6) is -3.43. The van der Waals surface area contributed by atoms with Crippen molar-refractivity contribution in [2.45, 2.75) is 24.4 Å². The van der Waals surface area contributed by atoms with Gasteiger partial charge in [0.15, 0.2) is 0 Å². The molecule has 1 aliphatic rings. The molecular weight excluding hydrogens is 519 g/mol. The molecule has 4 atom stereocenters. The molecule has 1 heterocycles. The Balaban J connectivity index is 1.62. The van der Waals surface area contributed by atoms with Gasteiger partial charge in [-0.3, -0.25) is 14.4 Å². The van der Waals surface area contributed by atoms with E-state index in [0.29, 0.717) is 18.5 Å². The summed E-state index contributed by atoms with van der Waals surface area (Å²) in [4.78, 5) is 43.4. The summed E-state index contributed by atoms with van der Waals surface area (Å²) in [5, 5.41) is 3.02. The number of halogens is 1. The van der Waals surface area contributed by atoms with E-state index in [-0.39, 0.29) is 11.5 Å². The van der Waals surface area contributed by atoms with Gasteiger partial charge in [-0.2, -0.15) is 0 Å². The molecule has 41 heavy (non-hydrogen) atoms. The zero-order valence-electron chi connectivity index (χ0n) is 22.7. The van der Waals surface area contributed by atoms with Gasteiger partial charge in [-0.15, -0.1) is 0 Å². The van der Waals surface area contributed by atoms with Crippen molar-refractivity contribution in [2.75, 3.05) is 13.7 Å². The number of amides is 2. The zero-order chi connectivity index (χ0) is 28.8. The van der Waals surface area contributed by atoms with Gasteiger partial charge in [0.2, 0.25) is 5.91 Å². The lowest BCUT2D eigenvalue weighted by atomic mass is 9.80. The Bertz CT molecular complexity index is 1480. The summed E-state index contributed by atoms with van der Waals surface area (Å²) < 4.78 is 19.1. The molecule has 4 unspecified atom stereocenters. The van der Waals surface area contributed by atoms with Gasteiger partial charge in [-0.1, -0.05) is 91.0 Å². The van der Waals surface area contributed by atoms with Crippen LogP contribution < -0.4 is 5.32 Å². The van der Waals surface area contributed by atoms with Crippen LogP contribution in [0.15, 0.2) is 115 Å². The lowest BCUT2D eigenvalue weighted by molar-refractivity contribution is -0.146. The summed E-state index contributed by atoms with van der Waals surface area (Å²) in [6, 6.07) is 31.6. The Kier molecular flexibility index (Phi) is 8.53. The maximum absolute atomic E-state index is 14.3. The molecule has 0 aliphatic carbocycles. The van der Waals surface area contributed by atoms with E-state index in [4.69, 9.17) is 4.74 Å². The van der Waals surface area contributed by atoms with Crippen molar-refractivity contribution < 1.29 is 23.5 Å². The highest BCUT2D eigenvalue weighted by molar-refractivity contribution is 6.00. The predicted molar refractivity (Wildman–Crippen MR) is 153 cm³/mol. The van der Waals surface area contributed by atoms with Gasteiger partial charge >= 0.3 is 5.97 Å². The topological polar surface area (TPSA) is 75.7 Å². The molecule has 0 bridgehead atoms. The number of carbonyl (C=O) groups is 3. The fourth-order valence-electron chi connectivity index (χ4n) is 5.77. The lowest BCUT2D eigenvalue weighted by Gasteiger charge is -2.31. The van der Waals surface area contributed by atoms with Gasteiger partial charge < -0.3 is 15.0 Å². The summed E-state index contributed by atoms with van der Waals surface area (Å²) in [7, 11) is 1.31. The number of nitrogens with one attached hydrogen (secondary N) is 1. The van der Waals surface area contributed by atoms with Crippen LogP contribution in [0.3, 0.4) is 0 Å². The Hall–Kier alpha value is -4.78. The SMILES string of the molecule is COC(=O)C1C(c2ccccc2)C(C(=O)NCCc2ccccc2)N(C(=O)c2ccc(F)cc2)C1c1ccccc1. The van der Waals surface area contributed by atoms with Crippen molar-refractivity contribution in [3.05, 3.63) is 143 Å². The van der Waals surface area contributed by atoms with Gasteiger partial charge in [0.1, 0.15) is 11.9 Å². The van der Waals surface area contributed by atoms with Gasteiger partial charge in [0.25, 0.3) is 5.91 Å². The van der Waals surface area contributed by atoms with E-state index in [0.717, 1.165) is 11.1 Å². The Morgan fingerprint density at radius 2 is 1.34 bits per heavy atom. The Labute approximate surface area is 238 Å². The standard InChI is InChI=1S/C34H31FN2O4/c1-41-34(40)29-28(24-13-7-3-8-14-24)31(32(38)36-22-21-23-11-5-2-6-12-23)37(30(29)25-15-9-4-10-16-25)33(39)26-17-19-27(35)20-18-26/h2-20,28-31H,21-22H2,1H3,(H,36,38). The monoisotopic (exact) mass is 550 g/mol. The Morgan fingerprint density at radius 3 is 1.93 bits per heavy atom. The average Bonchev–Trinajstić information content (AvgIpc) is 3.38. The molecule has 0 aromatic heterocycles. The van der Waals surface area contributed by atoms with Crippen LogP contribution >= 0.6 is 0 Å². The zero-order valence-corrected chi connectivity index (χ0v) is 22.7. The van der Waals surface area contributed by atoms with Crippen molar-refractivity contribution in [3.63, 3.8) is 0 Å². The lowest BCUT2D eigenvalue weighted by Crippen LogP contribution is -2.49. The van der Waals surface area contributed by atoms with E-state index in [1.54, 1.807) is 0 Å². The highest BCUT2D eigenvalue weighted by Crippen LogP contribution is 2.51. The molecular formula is C34H31FN2O4. The minimum absolute atomic E-state index is 0.215. The summed E-state index contributed by atoms with van der Waals surface area (Å²) >= 11 is 0. The van der Waals surface area contributed by atoms with Crippen LogP contribution in [-0.4, -0.2) is 42.4 Å². The van der Waals surface area contributed by atoms with E-state index in [1.165, 1.54) is 36.3 Å².